The van der Waals surface area contributed by atoms with Gasteiger partial charge in [-0.3, -0.25) is 14.5 Å². The fourth-order valence-electron chi connectivity index (χ4n) is 5.96. The zero-order valence-electron chi connectivity index (χ0n) is 17.5. The van der Waals surface area contributed by atoms with Crippen LogP contribution in [0.4, 0.5) is 0 Å². The molecule has 3 aliphatic rings. The van der Waals surface area contributed by atoms with Gasteiger partial charge in [0.05, 0.1) is 19.6 Å². The van der Waals surface area contributed by atoms with Crippen LogP contribution in [-0.4, -0.2) is 71.6 Å². The minimum Gasteiger partial charge on any atom is -0.379 e. The fraction of sp³-hybridized carbons (Fsp3) is 0.762. The normalized spacial score (nSPS) is 29.4. The minimum atomic E-state index is -0.191. The first-order chi connectivity index (χ1) is 13.2. The van der Waals surface area contributed by atoms with E-state index in [1.807, 2.05) is 11.8 Å². The number of rotatable bonds is 4. The molecule has 0 radical (unpaired) electrons. The van der Waals surface area contributed by atoms with Crippen LogP contribution in [0.1, 0.15) is 37.4 Å². The number of aromatic nitrogens is 2. The lowest BCUT2D eigenvalue weighted by Gasteiger charge is -2.58. The third-order valence-electron chi connectivity index (χ3n) is 7.06. The molecule has 4 rings (SSSR count). The van der Waals surface area contributed by atoms with E-state index in [9.17, 15) is 9.59 Å². The van der Waals surface area contributed by atoms with Crippen LogP contribution in [0.3, 0.4) is 0 Å². The predicted molar refractivity (Wildman–Crippen MR) is 106 cm³/mol. The Labute approximate surface area is 166 Å². The van der Waals surface area contributed by atoms with E-state index in [2.05, 4.69) is 28.7 Å². The average molecular weight is 389 g/mol. The Bertz CT molecular complexity index is 827. The van der Waals surface area contributed by atoms with E-state index < -0.39 is 0 Å². The highest BCUT2D eigenvalue weighted by molar-refractivity contribution is 5.79. The molecule has 28 heavy (non-hydrogen) atoms. The van der Waals surface area contributed by atoms with E-state index in [-0.39, 0.29) is 28.7 Å². The molecule has 3 heterocycles. The number of aryl methyl sites for hydroxylation is 2. The van der Waals surface area contributed by atoms with Crippen molar-refractivity contribution in [2.24, 2.45) is 16.7 Å². The van der Waals surface area contributed by atoms with Gasteiger partial charge in [-0.25, -0.2) is 4.98 Å². The number of nitrogens with one attached hydrogen (secondary N) is 1. The van der Waals surface area contributed by atoms with Gasteiger partial charge in [0.1, 0.15) is 5.82 Å². The predicted octanol–water partition coefficient (Wildman–Crippen LogP) is 1.14. The van der Waals surface area contributed by atoms with Gasteiger partial charge in [0, 0.05) is 49.4 Å². The molecule has 1 aromatic heterocycles. The van der Waals surface area contributed by atoms with Crippen molar-refractivity contribution in [3.63, 3.8) is 0 Å². The summed E-state index contributed by atoms with van der Waals surface area (Å²) in [5.41, 5.74) is 1.41. The summed E-state index contributed by atoms with van der Waals surface area (Å²) in [7, 11) is 0. The van der Waals surface area contributed by atoms with Crippen LogP contribution >= 0.6 is 0 Å². The Morgan fingerprint density at radius 3 is 2.64 bits per heavy atom. The topological polar surface area (TPSA) is 78.5 Å². The molecule has 1 saturated carbocycles. The molecule has 1 amide bonds. The average Bonchev–Trinajstić information content (AvgIpc) is 2.93. The number of H-pyrrole nitrogens is 1. The van der Waals surface area contributed by atoms with E-state index in [1.165, 1.54) is 0 Å². The maximum absolute atomic E-state index is 13.1. The summed E-state index contributed by atoms with van der Waals surface area (Å²) in [5.74, 6) is 1.15. The number of amides is 1. The third kappa shape index (κ3) is 3.39. The summed E-state index contributed by atoms with van der Waals surface area (Å²) in [6.07, 6.45) is 1.28. The van der Waals surface area contributed by atoms with Crippen molar-refractivity contribution in [3.8, 4) is 0 Å². The molecule has 0 bridgehead atoms. The molecule has 2 atom stereocenters. The number of morpholine rings is 1. The molecule has 1 N–H and O–H groups in total. The first kappa shape index (κ1) is 19.6. The van der Waals surface area contributed by atoms with Crippen LogP contribution in [0.25, 0.3) is 0 Å². The lowest BCUT2D eigenvalue weighted by Crippen LogP contribution is -2.59. The SMILES string of the molecule is Cc1nc(C)c(CC(=O)N2C[C@@H]3C(C)(C)C[C@]3(CN3CCOCC3)C2)c(=O)[nH]1. The van der Waals surface area contributed by atoms with Crippen LogP contribution in [0.15, 0.2) is 4.79 Å². The van der Waals surface area contributed by atoms with Gasteiger partial charge in [-0.2, -0.15) is 0 Å². The van der Waals surface area contributed by atoms with E-state index in [0.717, 1.165) is 52.4 Å². The summed E-state index contributed by atoms with van der Waals surface area (Å²) in [6.45, 7) is 14.4. The van der Waals surface area contributed by atoms with Crippen molar-refractivity contribution >= 4 is 5.91 Å². The summed E-state index contributed by atoms with van der Waals surface area (Å²) >= 11 is 0. The van der Waals surface area contributed by atoms with Gasteiger partial charge >= 0.3 is 0 Å². The van der Waals surface area contributed by atoms with Crippen LogP contribution in [-0.2, 0) is 16.0 Å². The molecule has 0 spiro atoms. The smallest absolute Gasteiger partial charge is 0.254 e. The molecule has 154 valence electrons. The molecule has 1 aromatic rings. The van der Waals surface area contributed by atoms with E-state index >= 15 is 0 Å². The molecule has 2 aliphatic heterocycles. The zero-order chi connectivity index (χ0) is 20.1. The van der Waals surface area contributed by atoms with Gasteiger partial charge in [0.2, 0.25) is 5.91 Å². The molecule has 1 aliphatic carbocycles. The summed E-state index contributed by atoms with van der Waals surface area (Å²) in [5, 5.41) is 0. The Hall–Kier alpha value is -1.73. The number of fused-ring (bicyclic) bond motifs is 1. The van der Waals surface area contributed by atoms with Gasteiger partial charge in [0.15, 0.2) is 0 Å². The monoisotopic (exact) mass is 388 g/mol. The number of hydrogen-bond donors (Lipinski definition) is 1. The molecule has 0 unspecified atom stereocenters. The molecule has 3 fully saturated rings. The number of carbonyl (C=O) groups is 1. The van der Waals surface area contributed by atoms with E-state index in [1.54, 1.807) is 6.92 Å². The number of ether oxygens (including phenoxy) is 1. The summed E-state index contributed by atoms with van der Waals surface area (Å²) in [6, 6.07) is 0. The number of likely N-dealkylation sites (tertiary alicyclic amines) is 1. The fourth-order valence-corrected chi connectivity index (χ4v) is 5.96. The van der Waals surface area contributed by atoms with Crippen molar-refractivity contribution in [2.45, 2.75) is 40.5 Å². The highest BCUT2D eigenvalue weighted by Crippen LogP contribution is 2.63. The summed E-state index contributed by atoms with van der Waals surface area (Å²) < 4.78 is 5.49. The Balaban J connectivity index is 1.49. The maximum Gasteiger partial charge on any atom is 0.254 e. The molecule has 0 aromatic carbocycles. The van der Waals surface area contributed by atoms with E-state index in [0.29, 0.717) is 23.0 Å². The lowest BCUT2D eigenvalue weighted by atomic mass is 9.48. The molecular formula is C21H32N4O3. The van der Waals surface area contributed by atoms with Crippen molar-refractivity contribution in [1.29, 1.82) is 0 Å². The second-order valence-electron chi connectivity index (χ2n) is 9.64. The Morgan fingerprint density at radius 2 is 2.00 bits per heavy atom. The first-order valence-corrected chi connectivity index (χ1v) is 10.3. The minimum absolute atomic E-state index is 0.0470. The summed E-state index contributed by atoms with van der Waals surface area (Å²) in [4.78, 5) is 36.9. The zero-order valence-corrected chi connectivity index (χ0v) is 17.5. The largest absolute Gasteiger partial charge is 0.379 e. The number of aromatic amines is 1. The van der Waals surface area contributed by atoms with Crippen LogP contribution < -0.4 is 5.56 Å². The second kappa shape index (κ2) is 6.95. The van der Waals surface area contributed by atoms with Gasteiger partial charge in [-0.15, -0.1) is 0 Å². The maximum atomic E-state index is 13.1. The molecular weight excluding hydrogens is 356 g/mol. The van der Waals surface area contributed by atoms with Gasteiger partial charge in [-0.1, -0.05) is 13.8 Å². The first-order valence-electron chi connectivity index (χ1n) is 10.3. The number of carbonyl (C=O) groups excluding carboxylic acids is 1. The highest BCUT2D eigenvalue weighted by atomic mass is 16.5. The van der Waals surface area contributed by atoms with Crippen molar-refractivity contribution in [1.82, 2.24) is 19.8 Å². The lowest BCUT2D eigenvalue weighted by molar-refractivity contribution is -0.130. The van der Waals surface area contributed by atoms with Crippen LogP contribution in [0.2, 0.25) is 0 Å². The molecule has 7 heteroatoms. The van der Waals surface area contributed by atoms with Crippen LogP contribution in [0.5, 0.6) is 0 Å². The molecule has 7 nitrogen and oxygen atoms in total. The van der Waals surface area contributed by atoms with Crippen molar-refractivity contribution in [3.05, 3.63) is 27.4 Å². The van der Waals surface area contributed by atoms with Crippen molar-refractivity contribution in [2.75, 3.05) is 45.9 Å². The number of nitrogens with zero attached hydrogens (tertiary/aromatic N) is 3. The van der Waals surface area contributed by atoms with E-state index in [4.69, 9.17) is 4.74 Å². The van der Waals surface area contributed by atoms with Gasteiger partial charge in [0.25, 0.3) is 5.56 Å². The van der Waals surface area contributed by atoms with Gasteiger partial charge < -0.3 is 14.6 Å². The van der Waals surface area contributed by atoms with Crippen molar-refractivity contribution < 1.29 is 9.53 Å². The standard InChI is InChI=1S/C21H32N4O3/c1-14-16(19(27)23-15(2)22-14)9-18(26)25-10-17-20(3,4)11-21(17,13-25)12-24-5-7-28-8-6-24/h17H,5-13H2,1-4H3,(H,22,23,27)/t17-,21+/m1/s1. The number of hydrogen-bond acceptors (Lipinski definition) is 5. The van der Waals surface area contributed by atoms with Gasteiger partial charge in [-0.05, 0) is 31.6 Å². The third-order valence-corrected chi connectivity index (χ3v) is 7.06. The molecule has 2 saturated heterocycles. The van der Waals surface area contributed by atoms with Crippen LogP contribution in [0, 0.1) is 30.6 Å². The quantitative estimate of drug-likeness (QED) is 0.837. The Kier molecular flexibility index (Phi) is 4.86. The highest BCUT2D eigenvalue weighted by Gasteiger charge is 2.63. The second-order valence-corrected chi connectivity index (χ2v) is 9.64. The Morgan fingerprint density at radius 1 is 1.29 bits per heavy atom.